The number of carbonyl (C=O) groups excluding carboxylic acids is 1. The standard InChI is InChI=1S/C15H14F2N2O/c1-9-5-3-4-6-13(9)19-15(20)10-7-11(16)14(18-2)12(17)8-10/h3-8,18H,1-2H3,(H,19,20). The average Bonchev–Trinajstić information content (AvgIpc) is 2.41. The van der Waals surface area contributed by atoms with Crippen molar-refractivity contribution >= 4 is 17.3 Å². The van der Waals surface area contributed by atoms with E-state index in [1.54, 1.807) is 12.1 Å². The molecule has 2 N–H and O–H groups in total. The molecular weight excluding hydrogens is 262 g/mol. The van der Waals surface area contributed by atoms with Crippen molar-refractivity contribution in [3.63, 3.8) is 0 Å². The van der Waals surface area contributed by atoms with Crippen molar-refractivity contribution in [2.45, 2.75) is 6.92 Å². The van der Waals surface area contributed by atoms with Gasteiger partial charge in [0.25, 0.3) is 5.91 Å². The van der Waals surface area contributed by atoms with Crippen LogP contribution in [-0.4, -0.2) is 13.0 Å². The second-order valence-corrected chi connectivity index (χ2v) is 4.33. The molecule has 0 unspecified atom stereocenters. The first-order valence-electron chi connectivity index (χ1n) is 6.06. The first kappa shape index (κ1) is 14.0. The molecule has 104 valence electrons. The molecule has 0 radical (unpaired) electrons. The smallest absolute Gasteiger partial charge is 0.255 e. The minimum absolute atomic E-state index is 0.0674. The van der Waals surface area contributed by atoms with E-state index in [1.165, 1.54) is 7.05 Å². The quantitative estimate of drug-likeness (QED) is 0.899. The Bertz CT molecular complexity index is 633. The Hall–Kier alpha value is -2.43. The zero-order valence-corrected chi connectivity index (χ0v) is 11.1. The van der Waals surface area contributed by atoms with Gasteiger partial charge in [0, 0.05) is 18.3 Å². The van der Waals surface area contributed by atoms with Gasteiger partial charge in [0.1, 0.15) is 17.3 Å². The van der Waals surface area contributed by atoms with E-state index in [0.717, 1.165) is 17.7 Å². The summed E-state index contributed by atoms with van der Waals surface area (Å²) in [5.74, 6) is -2.16. The zero-order chi connectivity index (χ0) is 14.7. The van der Waals surface area contributed by atoms with Crippen LogP contribution in [0.25, 0.3) is 0 Å². The molecule has 0 spiro atoms. The third kappa shape index (κ3) is 2.77. The Morgan fingerprint density at radius 1 is 1.10 bits per heavy atom. The Morgan fingerprint density at radius 3 is 2.25 bits per heavy atom. The SMILES string of the molecule is CNc1c(F)cc(C(=O)Nc2ccccc2C)cc1F. The van der Waals surface area contributed by atoms with Crippen molar-refractivity contribution in [1.82, 2.24) is 0 Å². The van der Waals surface area contributed by atoms with Gasteiger partial charge in [0.05, 0.1) is 0 Å². The number of para-hydroxylation sites is 1. The summed E-state index contributed by atoms with van der Waals surface area (Å²) < 4.78 is 27.2. The maximum atomic E-state index is 13.6. The highest BCUT2D eigenvalue weighted by atomic mass is 19.1. The molecular formula is C15H14F2N2O. The number of amides is 1. The van der Waals surface area contributed by atoms with Crippen molar-refractivity contribution in [1.29, 1.82) is 0 Å². The van der Waals surface area contributed by atoms with Gasteiger partial charge in [0.2, 0.25) is 0 Å². The highest BCUT2D eigenvalue weighted by Crippen LogP contribution is 2.21. The van der Waals surface area contributed by atoms with Crippen molar-refractivity contribution in [3.05, 3.63) is 59.2 Å². The molecule has 0 atom stereocenters. The molecule has 0 aliphatic heterocycles. The van der Waals surface area contributed by atoms with Crippen LogP contribution in [0.3, 0.4) is 0 Å². The molecule has 0 aliphatic rings. The lowest BCUT2D eigenvalue weighted by atomic mass is 10.1. The molecule has 0 aliphatic carbocycles. The summed E-state index contributed by atoms with van der Waals surface area (Å²) in [6.45, 7) is 1.83. The summed E-state index contributed by atoms with van der Waals surface area (Å²) in [7, 11) is 1.41. The van der Waals surface area contributed by atoms with Crippen LogP contribution in [0.1, 0.15) is 15.9 Å². The minimum Gasteiger partial charge on any atom is -0.383 e. The molecule has 20 heavy (non-hydrogen) atoms. The summed E-state index contributed by atoms with van der Waals surface area (Å²) in [6.07, 6.45) is 0. The first-order valence-corrected chi connectivity index (χ1v) is 6.06. The third-order valence-corrected chi connectivity index (χ3v) is 2.95. The number of anilines is 2. The largest absolute Gasteiger partial charge is 0.383 e. The summed E-state index contributed by atoms with van der Waals surface area (Å²) in [4.78, 5) is 12.0. The summed E-state index contributed by atoms with van der Waals surface area (Å²) >= 11 is 0. The van der Waals surface area contributed by atoms with E-state index in [-0.39, 0.29) is 11.3 Å². The fourth-order valence-corrected chi connectivity index (χ4v) is 1.85. The van der Waals surface area contributed by atoms with Crippen LogP contribution in [0.4, 0.5) is 20.2 Å². The summed E-state index contributed by atoms with van der Waals surface area (Å²) in [5, 5.41) is 5.03. The number of halogens is 2. The van der Waals surface area contributed by atoms with Crippen LogP contribution in [0.2, 0.25) is 0 Å². The van der Waals surface area contributed by atoms with Gasteiger partial charge in [-0.25, -0.2) is 8.78 Å². The molecule has 2 aromatic carbocycles. The van der Waals surface area contributed by atoms with Gasteiger partial charge in [-0.1, -0.05) is 18.2 Å². The van der Waals surface area contributed by atoms with Crippen molar-refractivity contribution in [3.8, 4) is 0 Å². The lowest BCUT2D eigenvalue weighted by Gasteiger charge is -2.10. The lowest BCUT2D eigenvalue weighted by Crippen LogP contribution is -2.14. The number of aryl methyl sites for hydroxylation is 1. The summed E-state index contributed by atoms with van der Waals surface area (Å²) in [5.41, 5.74) is 1.16. The van der Waals surface area contributed by atoms with Gasteiger partial charge in [0.15, 0.2) is 0 Å². The fourth-order valence-electron chi connectivity index (χ4n) is 1.85. The van der Waals surface area contributed by atoms with E-state index in [9.17, 15) is 13.6 Å². The molecule has 2 aromatic rings. The number of hydrogen-bond acceptors (Lipinski definition) is 2. The van der Waals surface area contributed by atoms with Crippen molar-refractivity contribution < 1.29 is 13.6 Å². The number of benzene rings is 2. The summed E-state index contributed by atoms with van der Waals surface area (Å²) in [6, 6.07) is 9.17. The Balaban J connectivity index is 2.29. The molecule has 1 amide bonds. The topological polar surface area (TPSA) is 41.1 Å². The second-order valence-electron chi connectivity index (χ2n) is 4.33. The Kier molecular flexibility index (Phi) is 3.98. The van der Waals surface area contributed by atoms with Gasteiger partial charge < -0.3 is 10.6 Å². The molecule has 0 bridgehead atoms. The highest BCUT2D eigenvalue weighted by Gasteiger charge is 2.14. The second kappa shape index (κ2) is 5.69. The van der Waals surface area contributed by atoms with Gasteiger partial charge in [-0.2, -0.15) is 0 Å². The Labute approximate surface area is 115 Å². The lowest BCUT2D eigenvalue weighted by molar-refractivity contribution is 0.102. The third-order valence-electron chi connectivity index (χ3n) is 2.95. The Morgan fingerprint density at radius 2 is 1.70 bits per heavy atom. The molecule has 0 fully saturated rings. The van der Waals surface area contributed by atoms with Crippen LogP contribution < -0.4 is 10.6 Å². The number of carbonyl (C=O) groups is 1. The van der Waals surface area contributed by atoms with E-state index in [1.807, 2.05) is 19.1 Å². The maximum absolute atomic E-state index is 13.6. The predicted octanol–water partition coefficient (Wildman–Crippen LogP) is 3.57. The minimum atomic E-state index is -0.803. The molecule has 0 heterocycles. The van der Waals surface area contributed by atoms with Crippen LogP contribution in [0, 0.1) is 18.6 Å². The van der Waals surface area contributed by atoms with Crippen LogP contribution in [0.15, 0.2) is 36.4 Å². The number of rotatable bonds is 3. The monoisotopic (exact) mass is 276 g/mol. The molecule has 5 heteroatoms. The normalized spacial score (nSPS) is 10.2. The molecule has 0 saturated heterocycles. The van der Waals surface area contributed by atoms with Crippen LogP contribution >= 0.6 is 0 Å². The number of hydrogen-bond donors (Lipinski definition) is 2. The predicted molar refractivity (Wildman–Crippen MR) is 75.0 cm³/mol. The average molecular weight is 276 g/mol. The molecule has 3 nitrogen and oxygen atoms in total. The van der Waals surface area contributed by atoms with Crippen molar-refractivity contribution in [2.24, 2.45) is 0 Å². The molecule has 0 aromatic heterocycles. The maximum Gasteiger partial charge on any atom is 0.255 e. The van der Waals surface area contributed by atoms with E-state index in [2.05, 4.69) is 10.6 Å². The first-order chi connectivity index (χ1) is 9.52. The molecule has 0 saturated carbocycles. The van der Waals surface area contributed by atoms with Gasteiger partial charge in [-0.15, -0.1) is 0 Å². The fraction of sp³-hybridized carbons (Fsp3) is 0.133. The zero-order valence-electron chi connectivity index (χ0n) is 11.1. The highest BCUT2D eigenvalue weighted by molar-refractivity contribution is 6.04. The van der Waals surface area contributed by atoms with E-state index < -0.39 is 17.5 Å². The van der Waals surface area contributed by atoms with Gasteiger partial charge >= 0.3 is 0 Å². The van der Waals surface area contributed by atoms with Gasteiger partial charge in [-0.3, -0.25) is 4.79 Å². The molecule has 2 rings (SSSR count). The van der Waals surface area contributed by atoms with Crippen molar-refractivity contribution in [2.75, 3.05) is 17.7 Å². The van der Waals surface area contributed by atoms with E-state index in [4.69, 9.17) is 0 Å². The van der Waals surface area contributed by atoms with E-state index >= 15 is 0 Å². The van der Waals surface area contributed by atoms with Crippen LogP contribution in [0.5, 0.6) is 0 Å². The van der Waals surface area contributed by atoms with Crippen LogP contribution in [-0.2, 0) is 0 Å². The van der Waals surface area contributed by atoms with E-state index in [0.29, 0.717) is 5.69 Å². The van der Waals surface area contributed by atoms with Gasteiger partial charge in [-0.05, 0) is 30.7 Å². The number of nitrogens with one attached hydrogen (secondary N) is 2.